The van der Waals surface area contributed by atoms with Crippen molar-refractivity contribution in [3.05, 3.63) is 48.0 Å². The van der Waals surface area contributed by atoms with Gasteiger partial charge < -0.3 is 19.3 Å². The van der Waals surface area contributed by atoms with Crippen molar-refractivity contribution >= 4 is 41.5 Å². The third-order valence-electron chi connectivity index (χ3n) is 4.86. The van der Waals surface area contributed by atoms with Gasteiger partial charge >= 0.3 is 5.97 Å². The van der Waals surface area contributed by atoms with Gasteiger partial charge in [0.15, 0.2) is 6.10 Å². The summed E-state index contributed by atoms with van der Waals surface area (Å²) >= 11 is 1.55. The number of nitrogens with zero attached hydrogens (tertiary/aromatic N) is 2. The van der Waals surface area contributed by atoms with E-state index in [2.05, 4.69) is 0 Å². The molecular weight excluding hydrogens is 439 g/mol. The van der Waals surface area contributed by atoms with Crippen molar-refractivity contribution in [3.63, 3.8) is 0 Å². The van der Waals surface area contributed by atoms with Crippen LogP contribution in [0.1, 0.15) is 17.7 Å². The third-order valence-corrected chi connectivity index (χ3v) is 6.64. The molecule has 0 aliphatic carbocycles. The number of carbonyl (C=O) groups excluding carboxylic acids is 2. The molecule has 6 nitrogen and oxygen atoms in total. The van der Waals surface area contributed by atoms with Crippen LogP contribution >= 0.6 is 23.9 Å². The lowest BCUT2D eigenvalue weighted by Gasteiger charge is -2.28. The molecule has 0 saturated carbocycles. The fraction of sp³-hybridized carbons (Fsp3) is 0.364. The normalized spacial score (nSPS) is 18.5. The number of amides is 1. The average molecular weight is 465 g/mol. The number of ether oxygens (including phenoxy) is 2. The monoisotopic (exact) mass is 464 g/mol. The predicted molar refractivity (Wildman–Crippen MR) is 121 cm³/mol. The van der Waals surface area contributed by atoms with Crippen LogP contribution in [0.15, 0.2) is 52.3 Å². The molecule has 2 aromatic carbocycles. The maximum atomic E-state index is 13.6. The summed E-state index contributed by atoms with van der Waals surface area (Å²) in [6.45, 7) is 2.33. The standard InChI is InChI=1S/C22H25FN2O4S2/c1-14(26)29-20-21(15-5-7-16(28-4)8-6-15)30-19-13-17(31-23)9-10-18(19)25(22(20)27)12-11-24(2)3/h5-10,13,20-21H,11-12H2,1-4H3/t20-,21+/m1/s1. The van der Waals surface area contributed by atoms with Crippen LogP contribution in [0.25, 0.3) is 0 Å². The van der Waals surface area contributed by atoms with E-state index in [4.69, 9.17) is 9.47 Å². The van der Waals surface area contributed by atoms with E-state index in [1.807, 2.05) is 31.1 Å². The lowest BCUT2D eigenvalue weighted by molar-refractivity contribution is -0.152. The average Bonchev–Trinajstić information content (AvgIpc) is 2.86. The van der Waals surface area contributed by atoms with Crippen LogP contribution in [0, 0.1) is 0 Å². The Kier molecular flexibility index (Phi) is 7.85. The van der Waals surface area contributed by atoms with Gasteiger partial charge in [-0.25, -0.2) is 0 Å². The molecule has 0 spiro atoms. The van der Waals surface area contributed by atoms with Crippen molar-refractivity contribution in [2.75, 3.05) is 39.2 Å². The maximum absolute atomic E-state index is 13.6. The topological polar surface area (TPSA) is 59.1 Å². The first-order valence-corrected chi connectivity index (χ1v) is 11.3. The Labute approximate surface area is 190 Å². The summed E-state index contributed by atoms with van der Waals surface area (Å²) in [4.78, 5) is 30.3. The van der Waals surface area contributed by atoms with E-state index in [0.717, 1.165) is 10.5 Å². The minimum absolute atomic E-state index is 0.155. The molecule has 0 radical (unpaired) electrons. The number of hydrogen-bond donors (Lipinski definition) is 0. The number of benzene rings is 2. The number of thioether (sulfide) groups is 1. The SMILES string of the molecule is COc1ccc([C@@H]2Sc3cc(SF)ccc3N(CCN(C)C)C(=O)[C@@H]2OC(C)=O)cc1. The minimum Gasteiger partial charge on any atom is -0.497 e. The first-order chi connectivity index (χ1) is 14.8. The van der Waals surface area contributed by atoms with E-state index < -0.39 is 17.3 Å². The molecule has 0 aromatic heterocycles. The van der Waals surface area contributed by atoms with E-state index in [0.29, 0.717) is 29.4 Å². The first-order valence-electron chi connectivity index (χ1n) is 9.70. The molecule has 0 bridgehead atoms. The number of likely N-dealkylation sites (N-methyl/N-ethyl adjacent to an activating group) is 1. The van der Waals surface area contributed by atoms with Crippen molar-refractivity contribution in [1.29, 1.82) is 0 Å². The molecule has 1 heterocycles. The van der Waals surface area contributed by atoms with Gasteiger partial charge in [-0.2, -0.15) is 3.89 Å². The molecule has 0 unspecified atom stereocenters. The zero-order chi connectivity index (χ0) is 22.5. The quantitative estimate of drug-likeness (QED) is 0.565. The highest BCUT2D eigenvalue weighted by Gasteiger charge is 2.40. The lowest BCUT2D eigenvalue weighted by Crippen LogP contribution is -2.45. The summed E-state index contributed by atoms with van der Waals surface area (Å²) in [5.74, 6) is -0.150. The predicted octanol–water partition coefficient (Wildman–Crippen LogP) is 4.35. The fourth-order valence-corrected chi connectivity index (χ4v) is 5.03. The molecule has 0 fully saturated rings. The van der Waals surface area contributed by atoms with Crippen molar-refractivity contribution in [2.45, 2.75) is 28.1 Å². The highest BCUT2D eigenvalue weighted by molar-refractivity contribution is 8.00. The van der Waals surface area contributed by atoms with Gasteiger partial charge in [-0.15, -0.1) is 11.8 Å². The van der Waals surface area contributed by atoms with Crippen molar-refractivity contribution < 1.29 is 22.9 Å². The fourth-order valence-electron chi connectivity index (χ4n) is 3.32. The first kappa shape index (κ1) is 23.4. The molecule has 3 rings (SSSR count). The van der Waals surface area contributed by atoms with Gasteiger partial charge in [-0.3, -0.25) is 9.59 Å². The van der Waals surface area contributed by atoms with Gasteiger partial charge in [0.1, 0.15) is 5.75 Å². The van der Waals surface area contributed by atoms with E-state index in [9.17, 15) is 13.5 Å². The smallest absolute Gasteiger partial charge is 0.303 e. The number of esters is 1. The number of fused-ring (bicyclic) bond motifs is 1. The Morgan fingerprint density at radius 1 is 1.23 bits per heavy atom. The molecule has 1 amide bonds. The molecule has 166 valence electrons. The Morgan fingerprint density at radius 2 is 1.94 bits per heavy atom. The number of methoxy groups -OCH3 is 1. The molecule has 1 aliphatic rings. The summed E-state index contributed by atoms with van der Waals surface area (Å²) in [5, 5.41) is -0.495. The second-order valence-corrected chi connectivity index (χ2v) is 9.15. The summed E-state index contributed by atoms with van der Waals surface area (Å²) in [6.07, 6.45) is -1.02. The van der Waals surface area contributed by atoms with E-state index in [-0.39, 0.29) is 18.1 Å². The molecule has 31 heavy (non-hydrogen) atoms. The summed E-state index contributed by atoms with van der Waals surface area (Å²) in [5.41, 5.74) is 1.49. The zero-order valence-corrected chi connectivity index (χ0v) is 19.5. The second-order valence-electron chi connectivity index (χ2n) is 7.34. The highest BCUT2D eigenvalue weighted by Crippen LogP contribution is 2.48. The summed E-state index contributed by atoms with van der Waals surface area (Å²) in [6, 6.07) is 12.4. The van der Waals surface area contributed by atoms with Gasteiger partial charge in [-0.1, -0.05) is 12.1 Å². The maximum Gasteiger partial charge on any atom is 0.303 e. The van der Waals surface area contributed by atoms with Gasteiger partial charge in [-0.05, 0) is 50.0 Å². The Morgan fingerprint density at radius 3 is 2.52 bits per heavy atom. The molecule has 0 saturated heterocycles. The Hall–Kier alpha value is -2.23. The summed E-state index contributed by atoms with van der Waals surface area (Å²) in [7, 11) is 5.42. The molecule has 2 aromatic rings. The van der Waals surface area contributed by atoms with Crippen LogP contribution in [0.4, 0.5) is 9.57 Å². The van der Waals surface area contributed by atoms with E-state index >= 15 is 0 Å². The van der Waals surface area contributed by atoms with Crippen molar-refractivity contribution in [3.8, 4) is 5.75 Å². The zero-order valence-electron chi connectivity index (χ0n) is 17.8. The largest absolute Gasteiger partial charge is 0.497 e. The Bertz CT molecular complexity index is 940. The number of halogens is 1. The van der Waals surface area contributed by atoms with Crippen LogP contribution in [-0.4, -0.2) is 57.2 Å². The molecule has 2 atom stereocenters. The lowest BCUT2D eigenvalue weighted by atomic mass is 10.1. The third kappa shape index (κ3) is 5.53. The van der Waals surface area contributed by atoms with Crippen molar-refractivity contribution in [1.82, 2.24) is 4.90 Å². The van der Waals surface area contributed by atoms with Crippen LogP contribution in [0.5, 0.6) is 5.75 Å². The van der Waals surface area contributed by atoms with Crippen LogP contribution in [0.3, 0.4) is 0 Å². The molecule has 9 heteroatoms. The van der Waals surface area contributed by atoms with E-state index in [1.54, 1.807) is 42.3 Å². The number of anilines is 1. The van der Waals surface area contributed by atoms with Gasteiger partial charge in [0, 0.05) is 29.8 Å². The molecule has 1 aliphatic heterocycles. The number of carbonyl (C=O) groups is 2. The molecule has 0 N–H and O–H groups in total. The second kappa shape index (κ2) is 10.4. The minimum atomic E-state index is -1.02. The van der Waals surface area contributed by atoms with Gasteiger partial charge in [0.05, 0.1) is 30.2 Å². The van der Waals surface area contributed by atoms with Gasteiger partial charge in [0.25, 0.3) is 5.91 Å². The van der Waals surface area contributed by atoms with Gasteiger partial charge in [0.2, 0.25) is 0 Å². The molecular formula is C22H25FN2O4S2. The van der Waals surface area contributed by atoms with Crippen LogP contribution in [0.2, 0.25) is 0 Å². The van der Waals surface area contributed by atoms with Crippen molar-refractivity contribution in [2.24, 2.45) is 0 Å². The summed E-state index contributed by atoms with van der Waals surface area (Å²) < 4.78 is 24.1. The number of hydrogen-bond acceptors (Lipinski definition) is 7. The Balaban J connectivity index is 2.11. The van der Waals surface area contributed by atoms with Crippen LogP contribution < -0.4 is 9.64 Å². The number of rotatable bonds is 7. The highest BCUT2D eigenvalue weighted by atomic mass is 32.2. The van der Waals surface area contributed by atoms with E-state index in [1.165, 1.54) is 18.7 Å². The van der Waals surface area contributed by atoms with Crippen LogP contribution in [-0.2, 0) is 14.3 Å².